The third-order valence-corrected chi connectivity index (χ3v) is 4.93. The van der Waals surface area contributed by atoms with Crippen LogP contribution in [0.3, 0.4) is 0 Å². The smallest absolute Gasteiger partial charge is 0.262 e. The Morgan fingerprint density at radius 1 is 1.18 bits per heavy atom. The molecular formula is C19H24N4O5. The van der Waals surface area contributed by atoms with E-state index in [1.165, 1.54) is 0 Å². The first-order chi connectivity index (χ1) is 13.4. The van der Waals surface area contributed by atoms with E-state index >= 15 is 0 Å². The number of hydrogen-bond donors (Lipinski definition) is 2. The molecular weight excluding hydrogens is 364 g/mol. The molecule has 0 spiro atoms. The standard InChI is InChI=1S/C19H24N4O5/c1-20-7-9-28-10-8-22(2)12-3-4-13-14(11-12)19(27)23(18(13)26)15-5-6-16(24)21-17(15)25/h3-4,11,15,20H,5-10H2,1-2H3,(H,21,24,25). The molecule has 0 aliphatic carbocycles. The maximum atomic E-state index is 12.8. The Bertz CT molecular complexity index is 810. The van der Waals surface area contributed by atoms with Gasteiger partial charge in [-0.3, -0.25) is 29.4 Å². The third-order valence-electron chi connectivity index (χ3n) is 4.93. The van der Waals surface area contributed by atoms with Gasteiger partial charge in [0, 0.05) is 32.2 Å². The predicted octanol–water partition coefficient (Wildman–Crippen LogP) is -0.240. The molecule has 1 fully saturated rings. The van der Waals surface area contributed by atoms with E-state index in [1.54, 1.807) is 18.2 Å². The monoisotopic (exact) mass is 388 g/mol. The molecule has 2 heterocycles. The van der Waals surface area contributed by atoms with Gasteiger partial charge in [-0.05, 0) is 31.7 Å². The van der Waals surface area contributed by atoms with Crippen LogP contribution in [0.4, 0.5) is 5.69 Å². The average molecular weight is 388 g/mol. The zero-order chi connectivity index (χ0) is 20.3. The van der Waals surface area contributed by atoms with Gasteiger partial charge in [0.25, 0.3) is 11.8 Å². The number of carbonyl (C=O) groups excluding carboxylic acids is 4. The van der Waals surface area contributed by atoms with Gasteiger partial charge in [-0.15, -0.1) is 0 Å². The molecule has 150 valence electrons. The molecule has 9 nitrogen and oxygen atoms in total. The minimum absolute atomic E-state index is 0.103. The highest BCUT2D eigenvalue weighted by Gasteiger charge is 2.44. The molecule has 1 aromatic carbocycles. The normalized spacial score (nSPS) is 19.1. The molecule has 0 radical (unpaired) electrons. The number of nitrogens with one attached hydrogen (secondary N) is 2. The molecule has 4 amide bonds. The maximum absolute atomic E-state index is 12.8. The lowest BCUT2D eigenvalue weighted by Gasteiger charge is -2.27. The second-order valence-electron chi connectivity index (χ2n) is 6.81. The van der Waals surface area contributed by atoms with Gasteiger partial charge in [-0.25, -0.2) is 0 Å². The fourth-order valence-electron chi connectivity index (χ4n) is 3.30. The molecule has 0 aromatic heterocycles. The molecule has 2 N–H and O–H groups in total. The van der Waals surface area contributed by atoms with Crippen molar-refractivity contribution < 1.29 is 23.9 Å². The quantitative estimate of drug-likeness (QED) is 0.467. The van der Waals surface area contributed by atoms with Crippen LogP contribution in [0.1, 0.15) is 33.6 Å². The highest BCUT2D eigenvalue weighted by Crippen LogP contribution is 2.30. The van der Waals surface area contributed by atoms with Gasteiger partial charge in [-0.2, -0.15) is 0 Å². The fraction of sp³-hybridized carbons (Fsp3) is 0.474. The summed E-state index contributed by atoms with van der Waals surface area (Å²) >= 11 is 0. The van der Waals surface area contributed by atoms with Crippen molar-refractivity contribution in [3.8, 4) is 0 Å². The van der Waals surface area contributed by atoms with Crippen molar-refractivity contribution >= 4 is 29.3 Å². The zero-order valence-electron chi connectivity index (χ0n) is 16.0. The summed E-state index contributed by atoms with van der Waals surface area (Å²) in [4.78, 5) is 51.9. The second-order valence-corrected chi connectivity index (χ2v) is 6.81. The van der Waals surface area contributed by atoms with Crippen LogP contribution in [0.15, 0.2) is 18.2 Å². The number of carbonyl (C=O) groups is 4. The number of benzene rings is 1. The van der Waals surface area contributed by atoms with Crippen molar-refractivity contribution in [3.63, 3.8) is 0 Å². The number of fused-ring (bicyclic) bond motifs is 1. The van der Waals surface area contributed by atoms with Crippen LogP contribution in [0.25, 0.3) is 0 Å². The van der Waals surface area contributed by atoms with Crippen molar-refractivity contribution in [1.82, 2.24) is 15.5 Å². The van der Waals surface area contributed by atoms with E-state index in [0.29, 0.717) is 19.8 Å². The van der Waals surface area contributed by atoms with Crippen LogP contribution >= 0.6 is 0 Å². The molecule has 9 heteroatoms. The van der Waals surface area contributed by atoms with E-state index in [-0.39, 0.29) is 24.0 Å². The van der Waals surface area contributed by atoms with Gasteiger partial charge in [0.1, 0.15) is 6.04 Å². The molecule has 0 bridgehead atoms. The number of imide groups is 2. The number of amides is 4. The molecule has 1 aromatic rings. The van der Waals surface area contributed by atoms with Crippen LogP contribution in [0, 0.1) is 0 Å². The SMILES string of the molecule is CNCCOCCN(C)c1ccc2c(c1)C(=O)N(C1CCC(=O)NC1=O)C2=O. The van der Waals surface area contributed by atoms with Crippen molar-refractivity contribution in [2.75, 3.05) is 45.3 Å². The second kappa shape index (κ2) is 8.49. The van der Waals surface area contributed by atoms with Crippen molar-refractivity contribution in [3.05, 3.63) is 29.3 Å². The Hall–Kier alpha value is -2.78. The molecule has 1 atom stereocenters. The van der Waals surface area contributed by atoms with Gasteiger partial charge in [0.15, 0.2) is 0 Å². The first-order valence-electron chi connectivity index (χ1n) is 9.23. The third kappa shape index (κ3) is 3.90. The Labute approximate surface area is 163 Å². The zero-order valence-corrected chi connectivity index (χ0v) is 16.0. The summed E-state index contributed by atoms with van der Waals surface area (Å²) in [5.41, 5.74) is 1.33. The molecule has 0 saturated carbocycles. The highest BCUT2D eigenvalue weighted by molar-refractivity contribution is 6.23. The number of likely N-dealkylation sites (N-methyl/N-ethyl adjacent to an activating group) is 2. The van der Waals surface area contributed by atoms with Gasteiger partial charge in [-0.1, -0.05) is 0 Å². The number of anilines is 1. The summed E-state index contributed by atoms with van der Waals surface area (Å²) in [6, 6.07) is 4.09. The molecule has 2 aliphatic heterocycles. The van der Waals surface area contributed by atoms with Gasteiger partial charge in [0.2, 0.25) is 11.8 Å². The first-order valence-corrected chi connectivity index (χ1v) is 9.23. The molecule has 1 unspecified atom stereocenters. The Morgan fingerprint density at radius 2 is 1.93 bits per heavy atom. The van der Waals surface area contributed by atoms with Crippen LogP contribution in [-0.2, 0) is 14.3 Å². The lowest BCUT2D eigenvalue weighted by Crippen LogP contribution is -2.54. The fourth-order valence-corrected chi connectivity index (χ4v) is 3.30. The average Bonchev–Trinajstić information content (AvgIpc) is 2.92. The molecule has 28 heavy (non-hydrogen) atoms. The molecule has 3 rings (SSSR count). The van der Waals surface area contributed by atoms with Crippen LogP contribution in [0.5, 0.6) is 0 Å². The van der Waals surface area contributed by atoms with Crippen molar-refractivity contribution in [2.24, 2.45) is 0 Å². The van der Waals surface area contributed by atoms with E-state index in [4.69, 9.17) is 4.74 Å². The van der Waals surface area contributed by atoms with Crippen LogP contribution in [-0.4, -0.2) is 75.0 Å². The summed E-state index contributed by atoms with van der Waals surface area (Å²) in [7, 11) is 3.73. The summed E-state index contributed by atoms with van der Waals surface area (Å²) in [6.07, 6.45) is 0.248. The van der Waals surface area contributed by atoms with Crippen LogP contribution < -0.4 is 15.5 Å². The maximum Gasteiger partial charge on any atom is 0.262 e. The van der Waals surface area contributed by atoms with Crippen molar-refractivity contribution in [1.29, 1.82) is 0 Å². The van der Waals surface area contributed by atoms with E-state index in [2.05, 4.69) is 10.6 Å². The minimum atomic E-state index is -0.952. The van der Waals surface area contributed by atoms with E-state index in [9.17, 15) is 19.2 Å². The lowest BCUT2D eigenvalue weighted by atomic mass is 10.0. The summed E-state index contributed by atoms with van der Waals surface area (Å²) in [6.45, 7) is 2.55. The first kappa shape index (κ1) is 20.0. The number of rotatable bonds is 8. The lowest BCUT2D eigenvalue weighted by molar-refractivity contribution is -0.136. The number of nitrogens with zero attached hydrogens (tertiary/aromatic N) is 2. The Balaban J connectivity index is 1.71. The predicted molar refractivity (Wildman–Crippen MR) is 101 cm³/mol. The molecule has 2 aliphatic rings. The Morgan fingerprint density at radius 3 is 2.64 bits per heavy atom. The van der Waals surface area contributed by atoms with E-state index < -0.39 is 29.7 Å². The van der Waals surface area contributed by atoms with Gasteiger partial charge < -0.3 is 15.0 Å². The van der Waals surface area contributed by atoms with Gasteiger partial charge >= 0.3 is 0 Å². The van der Waals surface area contributed by atoms with Crippen LogP contribution in [0.2, 0.25) is 0 Å². The molecule has 1 saturated heterocycles. The van der Waals surface area contributed by atoms with Crippen molar-refractivity contribution in [2.45, 2.75) is 18.9 Å². The largest absolute Gasteiger partial charge is 0.378 e. The summed E-state index contributed by atoms with van der Waals surface area (Å²) < 4.78 is 5.51. The number of ether oxygens (including phenoxy) is 1. The van der Waals surface area contributed by atoms with E-state index in [0.717, 1.165) is 17.1 Å². The van der Waals surface area contributed by atoms with E-state index in [1.807, 2.05) is 19.0 Å². The topological polar surface area (TPSA) is 108 Å². The minimum Gasteiger partial charge on any atom is -0.378 e. The Kier molecular flexibility index (Phi) is 6.05. The number of piperidine rings is 1. The summed E-state index contributed by atoms with van der Waals surface area (Å²) in [5.74, 6) is -2.00. The highest BCUT2D eigenvalue weighted by atomic mass is 16.5. The van der Waals surface area contributed by atoms with Gasteiger partial charge in [0.05, 0.1) is 24.3 Å². The number of hydrogen-bond acceptors (Lipinski definition) is 7. The summed E-state index contributed by atoms with van der Waals surface area (Å²) in [5, 5.41) is 5.19.